The van der Waals surface area contributed by atoms with Gasteiger partial charge in [-0.25, -0.2) is 4.79 Å². The number of carboxylic acid groups (broad SMARTS) is 1. The molecule has 2 aliphatic rings. The van der Waals surface area contributed by atoms with Gasteiger partial charge in [0.25, 0.3) is 0 Å². The van der Waals surface area contributed by atoms with E-state index in [0.29, 0.717) is 5.92 Å². The van der Waals surface area contributed by atoms with Gasteiger partial charge in [-0.2, -0.15) is 0 Å². The second-order valence-corrected chi connectivity index (χ2v) is 4.83. The minimum absolute atomic E-state index is 0.0763. The smallest absolute Gasteiger partial charge is 0.408 e. The Morgan fingerprint density at radius 3 is 2.69 bits per heavy atom. The van der Waals surface area contributed by atoms with Crippen LogP contribution in [0.5, 0.6) is 0 Å². The molecular weight excluding hydrogens is 202 g/mol. The summed E-state index contributed by atoms with van der Waals surface area (Å²) < 4.78 is 0. The molecule has 16 heavy (non-hydrogen) atoms. The first-order valence-corrected chi connectivity index (χ1v) is 5.80. The highest BCUT2D eigenvalue weighted by atomic mass is 16.4. The zero-order valence-electron chi connectivity index (χ0n) is 9.26. The van der Waals surface area contributed by atoms with Gasteiger partial charge in [0.15, 0.2) is 0 Å². The summed E-state index contributed by atoms with van der Waals surface area (Å²) in [5, 5.41) is 9.33. The number of fused-ring (bicyclic) bond motifs is 5. The van der Waals surface area contributed by atoms with Gasteiger partial charge in [-0.05, 0) is 29.9 Å². The highest BCUT2D eigenvalue weighted by molar-refractivity contribution is 5.69. The molecule has 1 saturated heterocycles. The summed E-state index contributed by atoms with van der Waals surface area (Å²) in [6.45, 7) is 2.15. The van der Waals surface area contributed by atoms with Crippen LogP contribution in [0.2, 0.25) is 0 Å². The van der Waals surface area contributed by atoms with E-state index in [1.165, 1.54) is 11.1 Å². The molecule has 3 heteroatoms. The van der Waals surface area contributed by atoms with Crippen molar-refractivity contribution in [3.8, 4) is 0 Å². The maximum Gasteiger partial charge on any atom is 0.408 e. The van der Waals surface area contributed by atoms with E-state index in [1.807, 2.05) is 12.1 Å². The molecule has 1 amide bonds. The molecule has 1 N–H and O–H groups in total. The Kier molecular flexibility index (Phi) is 1.96. The number of carbonyl (C=O) groups is 1. The third-order valence-corrected chi connectivity index (χ3v) is 3.96. The number of rotatable bonds is 0. The zero-order valence-corrected chi connectivity index (χ0v) is 9.26. The van der Waals surface area contributed by atoms with Crippen molar-refractivity contribution in [2.75, 3.05) is 0 Å². The number of nitrogens with zero attached hydrogens (tertiary/aromatic N) is 1. The molecular formula is C13H15NO2. The lowest BCUT2D eigenvalue weighted by molar-refractivity contribution is 0.0623. The molecule has 0 spiro atoms. The standard InChI is InChI=1S/C13H15NO2/c1-8-6-7-11-9-4-2-3-5-10(9)12(8)14(11)13(15)16/h2-5,8,11-12H,6-7H2,1H3,(H,15,16)/t8-,11?,12?/m0/s1. The van der Waals surface area contributed by atoms with Gasteiger partial charge in [-0.3, -0.25) is 4.90 Å². The fourth-order valence-corrected chi connectivity index (χ4v) is 3.28. The van der Waals surface area contributed by atoms with Crippen molar-refractivity contribution in [2.45, 2.75) is 31.8 Å². The SMILES string of the molecule is C[C@H]1CCC2c3ccccc3C1N2C(=O)O. The van der Waals surface area contributed by atoms with Crippen LogP contribution in [0.25, 0.3) is 0 Å². The Bertz CT molecular complexity index is 443. The Morgan fingerprint density at radius 2 is 2.00 bits per heavy atom. The minimum atomic E-state index is -0.780. The molecule has 1 aromatic carbocycles. The largest absolute Gasteiger partial charge is 0.465 e. The van der Waals surface area contributed by atoms with E-state index in [4.69, 9.17) is 0 Å². The molecule has 2 bridgehead atoms. The topological polar surface area (TPSA) is 40.5 Å². The lowest BCUT2D eigenvalue weighted by Crippen LogP contribution is -2.38. The van der Waals surface area contributed by atoms with Crippen molar-refractivity contribution < 1.29 is 9.90 Å². The van der Waals surface area contributed by atoms with Crippen LogP contribution in [0, 0.1) is 5.92 Å². The molecule has 1 fully saturated rings. The van der Waals surface area contributed by atoms with E-state index in [9.17, 15) is 9.90 Å². The van der Waals surface area contributed by atoms with E-state index >= 15 is 0 Å². The summed E-state index contributed by atoms with van der Waals surface area (Å²) in [6.07, 6.45) is 1.30. The molecule has 0 aromatic heterocycles. The average Bonchev–Trinajstić information content (AvgIpc) is 2.54. The molecule has 2 unspecified atom stereocenters. The summed E-state index contributed by atoms with van der Waals surface area (Å²) in [4.78, 5) is 13.0. The van der Waals surface area contributed by atoms with Crippen molar-refractivity contribution in [3.63, 3.8) is 0 Å². The third kappa shape index (κ3) is 1.11. The van der Waals surface area contributed by atoms with Crippen molar-refractivity contribution in [1.29, 1.82) is 0 Å². The molecule has 2 aliphatic heterocycles. The van der Waals surface area contributed by atoms with Gasteiger partial charge in [0.2, 0.25) is 0 Å². The van der Waals surface area contributed by atoms with Crippen LogP contribution in [0.3, 0.4) is 0 Å². The lowest BCUT2D eigenvalue weighted by Gasteiger charge is -2.37. The second kappa shape index (κ2) is 3.24. The van der Waals surface area contributed by atoms with Crippen LogP contribution in [0.1, 0.15) is 43.0 Å². The van der Waals surface area contributed by atoms with Gasteiger partial charge >= 0.3 is 6.09 Å². The summed E-state index contributed by atoms with van der Waals surface area (Å²) in [6, 6.07) is 8.34. The van der Waals surface area contributed by atoms with Gasteiger partial charge in [0.05, 0.1) is 12.1 Å². The maximum atomic E-state index is 11.4. The Balaban J connectivity index is 2.15. The van der Waals surface area contributed by atoms with Crippen molar-refractivity contribution in [1.82, 2.24) is 4.90 Å². The van der Waals surface area contributed by atoms with Gasteiger partial charge in [-0.1, -0.05) is 31.2 Å². The number of piperidine rings is 1. The molecule has 84 valence electrons. The summed E-state index contributed by atoms with van der Waals surface area (Å²) in [5.74, 6) is 0.427. The van der Waals surface area contributed by atoms with Crippen molar-refractivity contribution >= 4 is 6.09 Å². The van der Waals surface area contributed by atoms with Crippen LogP contribution >= 0.6 is 0 Å². The fraction of sp³-hybridized carbons (Fsp3) is 0.462. The monoisotopic (exact) mass is 217 g/mol. The minimum Gasteiger partial charge on any atom is -0.465 e. The van der Waals surface area contributed by atoms with Gasteiger partial charge in [0.1, 0.15) is 0 Å². The first-order chi connectivity index (χ1) is 7.70. The molecule has 0 radical (unpaired) electrons. The first-order valence-electron chi connectivity index (χ1n) is 5.80. The van der Waals surface area contributed by atoms with Crippen LogP contribution in [0.15, 0.2) is 24.3 Å². The Hall–Kier alpha value is -1.51. The quantitative estimate of drug-likeness (QED) is 0.725. The molecule has 3 atom stereocenters. The lowest BCUT2D eigenvalue weighted by atomic mass is 9.90. The van der Waals surface area contributed by atoms with E-state index in [-0.39, 0.29) is 12.1 Å². The van der Waals surface area contributed by atoms with Crippen molar-refractivity contribution in [3.05, 3.63) is 35.4 Å². The van der Waals surface area contributed by atoms with Gasteiger partial charge < -0.3 is 5.11 Å². The first kappa shape index (κ1) is 9.70. The van der Waals surface area contributed by atoms with Gasteiger partial charge in [0, 0.05) is 0 Å². The van der Waals surface area contributed by atoms with Crippen LogP contribution in [-0.4, -0.2) is 16.1 Å². The third-order valence-electron chi connectivity index (χ3n) is 3.96. The van der Waals surface area contributed by atoms with Crippen LogP contribution in [0.4, 0.5) is 4.79 Å². The molecule has 0 aliphatic carbocycles. The molecule has 0 saturated carbocycles. The Morgan fingerprint density at radius 1 is 1.31 bits per heavy atom. The number of amides is 1. The summed E-state index contributed by atoms with van der Waals surface area (Å²) in [7, 11) is 0. The van der Waals surface area contributed by atoms with Gasteiger partial charge in [-0.15, -0.1) is 0 Å². The molecule has 2 heterocycles. The second-order valence-electron chi connectivity index (χ2n) is 4.83. The summed E-state index contributed by atoms with van der Waals surface area (Å²) >= 11 is 0. The highest BCUT2D eigenvalue weighted by Gasteiger charge is 2.46. The molecule has 3 rings (SSSR count). The van der Waals surface area contributed by atoms with E-state index < -0.39 is 6.09 Å². The van der Waals surface area contributed by atoms with E-state index in [1.54, 1.807) is 4.90 Å². The van der Waals surface area contributed by atoms with Crippen LogP contribution in [-0.2, 0) is 0 Å². The van der Waals surface area contributed by atoms with Crippen LogP contribution < -0.4 is 0 Å². The summed E-state index contributed by atoms with van der Waals surface area (Å²) in [5.41, 5.74) is 2.44. The number of hydrogen-bond donors (Lipinski definition) is 1. The maximum absolute atomic E-state index is 11.4. The predicted molar refractivity (Wildman–Crippen MR) is 60.2 cm³/mol. The zero-order chi connectivity index (χ0) is 11.3. The number of hydrogen-bond acceptors (Lipinski definition) is 1. The fourth-order valence-electron chi connectivity index (χ4n) is 3.28. The van der Waals surface area contributed by atoms with E-state index in [2.05, 4.69) is 19.1 Å². The van der Waals surface area contributed by atoms with E-state index in [0.717, 1.165) is 12.8 Å². The highest BCUT2D eigenvalue weighted by Crippen LogP contribution is 2.52. The molecule has 3 nitrogen and oxygen atoms in total. The predicted octanol–water partition coefficient (Wildman–Crippen LogP) is 3.19. The average molecular weight is 217 g/mol. The Labute approximate surface area is 94.7 Å². The number of benzene rings is 1. The normalized spacial score (nSPS) is 31.3. The molecule has 1 aromatic rings. The van der Waals surface area contributed by atoms with Crippen molar-refractivity contribution in [2.24, 2.45) is 5.92 Å².